The summed E-state index contributed by atoms with van der Waals surface area (Å²) < 4.78 is 18.9. The van der Waals surface area contributed by atoms with Crippen molar-refractivity contribution in [2.24, 2.45) is 0 Å². The highest BCUT2D eigenvalue weighted by atomic mass is 19.1. The maximum Gasteiger partial charge on any atom is 0.300 e. The molecule has 3 aromatic carbocycles. The van der Waals surface area contributed by atoms with Crippen molar-refractivity contribution in [3.8, 4) is 5.75 Å². The number of anilines is 1. The van der Waals surface area contributed by atoms with Crippen LogP contribution in [0.2, 0.25) is 0 Å². The quantitative estimate of drug-likeness (QED) is 0.356. The number of hydrogen-bond donors (Lipinski definition) is 1. The van der Waals surface area contributed by atoms with Crippen LogP contribution in [0.5, 0.6) is 5.75 Å². The molecule has 5 nitrogen and oxygen atoms in total. The number of methoxy groups -OCH3 is 1. The summed E-state index contributed by atoms with van der Waals surface area (Å²) in [6.45, 7) is 3.71. The smallest absolute Gasteiger partial charge is 0.300 e. The van der Waals surface area contributed by atoms with Crippen LogP contribution in [-0.4, -0.2) is 23.9 Å². The maximum absolute atomic E-state index is 13.5. The normalized spacial score (nSPS) is 17.6. The molecular weight excluding hydrogens is 409 g/mol. The van der Waals surface area contributed by atoms with E-state index in [4.69, 9.17) is 4.74 Å². The highest BCUT2D eigenvalue weighted by Crippen LogP contribution is 2.43. The lowest BCUT2D eigenvalue weighted by Gasteiger charge is -2.26. The fourth-order valence-electron chi connectivity index (χ4n) is 3.96. The molecule has 0 aliphatic carbocycles. The Morgan fingerprint density at radius 3 is 2.41 bits per heavy atom. The number of aliphatic hydroxyl groups excluding tert-OH is 1. The molecule has 32 heavy (non-hydrogen) atoms. The number of aryl methyl sites for hydroxylation is 2. The zero-order valence-electron chi connectivity index (χ0n) is 17.9. The summed E-state index contributed by atoms with van der Waals surface area (Å²) in [5.41, 5.74) is 3.06. The molecule has 1 amide bonds. The third-order valence-electron chi connectivity index (χ3n) is 5.61. The van der Waals surface area contributed by atoms with Gasteiger partial charge in [-0.1, -0.05) is 29.8 Å². The van der Waals surface area contributed by atoms with Crippen molar-refractivity contribution in [3.05, 3.63) is 100 Å². The highest BCUT2D eigenvalue weighted by Gasteiger charge is 2.47. The molecule has 1 saturated heterocycles. The average molecular weight is 431 g/mol. The number of benzene rings is 3. The molecule has 1 N–H and O–H groups in total. The second kappa shape index (κ2) is 8.30. The number of hydrogen-bond acceptors (Lipinski definition) is 4. The Balaban J connectivity index is 1.98. The molecule has 6 heteroatoms. The van der Waals surface area contributed by atoms with Crippen LogP contribution in [0.1, 0.15) is 28.3 Å². The van der Waals surface area contributed by atoms with Crippen molar-refractivity contribution >= 4 is 23.1 Å². The van der Waals surface area contributed by atoms with Gasteiger partial charge in [0.15, 0.2) is 0 Å². The van der Waals surface area contributed by atoms with Crippen LogP contribution in [0.25, 0.3) is 5.76 Å². The number of ketones is 1. The van der Waals surface area contributed by atoms with Crippen molar-refractivity contribution in [2.45, 2.75) is 19.9 Å². The van der Waals surface area contributed by atoms with Crippen LogP contribution in [0.15, 0.2) is 72.3 Å². The number of Topliss-reactive ketones (excluding diaryl/α,β-unsaturated/α-hetero) is 1. The number of ether oxygens (including phenoxy) is 1. The maximum atomic E-state index is 13.5. The van der Waals surface area contributed by atoms with Crippen LogP contribution < -0.4 is 9.64 Å². The lowest BCUT2D eigenvalue weighted by Crippen LogP contribution is -2.29. The lowest BCUT2D eigenvalue weighted by atomic mass is 9.93. The van der Waals surface area contributed by atoms with E-state index in [1.54, 1.807) is 30.3 Å². The molecule has 0 aromatic heterocycles. The zero-order valence-corrected chi connectivity index (χ0v) is 17.9. The highest BCUT2D eigenvalue weighted by molar-refractivity contribution is 6.51. The zero-order chi connectivity index (χ0) is 23.0. The molecule has 1 aliphatic rings. The molecule has 4 rings (SSSR count). The van der Waals surface area contributed by atoms with E-state index in [9.17, 15) is 19.1 Å². The van der Waals surface area contributed by atoms with Gasteiger partial charge in [0.2, 0.25) is 0 Å². The van der Waals surface area contributed by atoms with Crippen LogP contribution in [0.3, 0.4) is 0 Å². The van der Waals surface area contributed by atoms with Crippen molar-refractivity contribution < 1.29 is 23.8 Å². The molecule has 3 aromatic rings. The van der Waals surface area contributed by atoms with Crippen molar-refractivity contribution in [2.75, 3.05) is 12.0 Å². The number of rotatable bonds is 4. The summed E-state index contributed by atoms with van der Waals surface area (Å²) in [6, 6.07) is 16.9. The first kappa shape index (κ1) is 21.3. The van der Waals surface area contributed by atoms with Gasteiger partial charge in [-0.2, -0.15) is 0 Å². The van der Waals surface area contributed by atoms with E-state index < -0.39 is 23.5 Å². The van der Waals surface area contributed by atoms with Gasteiger partial charge in [0.05, 0.1) is 18.7 Å². The largest absolute Gasteiger partial charge is 0.507 e. The van der Waals surface area contributed by atoms with Crippen LogP contribution in [0, 0.1) is 19.7 Å². The molecule has 1 unspecified atom stereocenters. The van der Waals surface area contributed by atoms with Crippen LogP contribution in [0.4, 0.5) is 10.1 Å². The number of nitrogens with zero attached hydrogens (tertiary/aromatic N) is 1. The molecule has 1 heterocycles. The number of carbonyl (C=O) groups excluding carboxylic acids is 2. The Hall–Kier alpha value is -3.93. The third kappa shape index (κ3) is 3.64. The molecule has 0 bridgehead atoms. The van der Waals surface area contributed by atoms with E-state index in [0.717, 1.165) is 11.1 Å². The minimum absolute atomic E-state index is 0.0266. The van der Waals surface area contributed by atoms with Gasteiger partial charge in [0, 0.05) is 11.3 Å². The lowest BCUT2D eigenvalue weighted by molar-refractivity contribution is -0.132. The Morgan fingerprint density at radius 1 is 1.00 bits per heavy atom. The van der Waals surface area contributed by atoms with Crippen molar-refractivity contribution in [1.29, 1.82) is 0 Å². The number of carbonyl (C=O) groups is 2. The fourth-order valence-corrected chi connectivity index (χ4v) is 3.96. The molecule has 1 aliphatic heterocycles. The van der Waals surface area contributed by atoms with Crippen LogP contribution in [-0.2, 0) is 9.59 Å². The average Bonchev–Trinajstić information content (AvgIpc) is 3.06. The minimum Gasteiger partial charge on any atom is -0.507 e. The summed E-state index contributed by atoms with van der Waals surface area (Å²) in [6.07, 6.45) is 0. The molecule has 162 valence electrons. The molecule has 1 atom stereocenters. The fraction of sp³-hybridized carbons (Fsp3) is 0.154. The van der Waals surface area contributed by atoms with Gasteiger partial charge >= 0.3 is 0 Å². The van der Waals surface area contributed by atoms with Gasteiger partial charge in [-0.3, -0.25) is 14.5 Å². The molecule has 0 radical (unpaired) electrons. The second-order valence-corrected chi connectivity index (χ2v) is 7.74. The van der Waals surface area contributed by atoms with Crippen LogP contribution >= 0.6 is 0 Å². The van der Waals surface area contributed by atoms with Gasteiger partial charge in [0.1, 0.15) is 17.3 Å². The summed E-state index contributed by atoms with van der Waals surface area (Å²) in [7, 11) is 1.52. The Labute approximate surface area is 185 Å². The molecule has 0 saturated carbocycles. The van der Waals surface area contributed by atoms with Crippen molar-refractivity contribution in [3.63, 3.8) is 0 Å². The summed E-state index contributed by atoms with van der Waals surface area (Å²) in [4.78, 5) is 27.6. The molecule has 0 spiro atoms. The van der Waals surface area contributed by atoms with E-state index in [1.807, 2.05) is 26.0 Å². The van der Waals surface area contributed by atoms with Gasteiger partial charge in [0.25, 0.3) is 11.7 Å². The number of amides is 1. The summed E-state index contributed by atoms with van der Waals surface area (Å²) in [5, 5.41) is 11.3. The molecule has 1 fully saturated rings. The van der Waals surface area contributed by atoms with E-state index in [2.05, 4.69) is 0 Å². The van der Waals surface area contributed by atoms with Gasteiger partial charge in [-0.15, -0.1) is 0 Å². The van der Waals surface area contributed by atoms with Crippen molar-refractivity contribution in [1.82, 2.24) is 0 Å². The Kier molecular flexibility index (Phi) is 5.53. The third-order valence-corrected chi connectivity index (χ3v) is 5.61. The summed E-state index contributed by atoms with van der Waals surface area (Å²) in [5.74, 6) is -1.77. The molecular formula is C26H22FNO4. The van der Waals surface area contributed by atoms with Gasteiger partial charge in [-0.05, 0) is 67.4 Å². The SMILES string of the molecule is COc1cccc(C2/C(=C(\O)c3cc(C)ccc3C)C(=O)C(=O)N2c2ccc(F)cc2)c1. The van der Waals surface area contributed by atoms with Gasteiger partial charge in [-0.25, -0.2) is 4.39 Å². The first-order valence-electron chi connectivity index (χ1n) is 10.1. The van der Waals surface area contributed by atoms with Gasteiger partial charge < -0.3 is 9.84 Å². The van der Waals surface area contributed by atoms with E-state index >= 15 is 0 Å². The Morgan fingerprint density at radius 2 is 1.72 bits per heavy atom. The Bertz CT molecular complexity index is 1250. The monoisotopic (exact) mass is 431 g/mol. The number of halogens is 1. The first-order valence-corrected chi connectivity index (χ1v) is 10.1. The minimum atomic E-state index is -0.907. The van der Waals surface area contributed by atoms with E-state index in [-0.39, 0.29) is 11.3 Å². The second-order valence-electron chi connectivity index (χ2n) is 7.74. The standard InChI is InChI=1S/C26H22FNO4/c1-15-7-8-16(2)21(13-15)24(29)22-23(17-5-4-6-20(14-17)32-3)28(26(31)25(22)30)19-11-9-18(27)10-12-19/h4-14,23,29H,1-3H3/b24-22+. The number of aliphatic hydroxyl groups is 1. The van der Waals surface area contributed by atoms with E-state index in [1.165, 1.54) is 36.3 Å². The summed E-state index contributed by atoms with van der Waals surface area (Å²) >= 11 is 0. The predicted octanol–water partition coefficient (Wildman–Crippen LogP) is 5.08. The van der Waals surface area contributed by atoms with E-state index in [0.29, 0.717) is 22.6 Å². The predicted molar refractivity (Wildman–Crippen MR) is 120 cm³/mol. The first-order chi connectivity index (χ1) is 15.3. The topological polar surface area (TPSA) is 66.8 Å².